The Morgan fingerprint density at radius 3 is 2.84 bits per heavy atom. The smallest absolute Gasteiger partial charge is 0.274 e. The predicted octanol–water partition coefficient (Wildman–Crippen LogP) is 3.01. The Bertz CT molecular complexity index is 1080. The highest BCUT2D eigenvalue weighted by molar-refractivity contribution is 6.10. The molecule has 1 aromatic carbocycles. The highest BCUT2D eigenvalue weighted by atomic mass is 16.1. The Hall–Kier alpha value is -3.48. The lowest BCUT2D eigenvalue weighted by molar-refractivity contribution is 0.102. The van der Waals surface area contributed by atoms with E-state index < -0.39 is 0 Å². The van der Waals surface area contributed by atoms with Gasteiger partial charge in [-0.1, -0.05) is 6.07 Å². The summed E-state index contributed by atoms with van der Waals surface area (Å²) in [5, 5.41) is 14.9. The van der Waals surface area contributed by atoms with Gasteiger partial charge in [-0.2, -0.15) is 10.2 Å². The number of aromatic amines is 1. The first-order chi connectivity index (χ1) is 12.1. The third-order valence-corrected chi connectivity index (χ3v) is 3.91. The molecule has 0 aliphatic carbocycles. The van der Waals surface area contributed by atoms with E-state index >= 15 is 0 Å². The molecule has 1 amide bonds. The van der Waals surface area contributed by atoms with Crippen LogP contribution in [0.3, 0.4) is 0 Å². The molecule has 4 aromatic rings. The number of anilines is 1. The number of rotatable bonds is 3. The lowest BCUT2D eigenvalue weighted by Crippen LogP contribution is -2.13. The van der Waals surface area contributed by atoms with Crippen molar-refractivity contribution < 1.29 is 4.79 Å². The van der Waals surface area contributed by atoms with Gasteiger partial charge in [0.1, 0.15) is 5.69 Å². The maximum atomic E-state index is 12.6. The summed E-state index contributed by atoms with van der Waals surface area (Å²) in [6.45, 7) is 3.95. The number of hydrogen-bond acceptors (Lipinski definition) is 4. The molecule has 0 atom stereocenters. The van der Waals surface area contributed by atoms with Gasteiger partial charge >= 0.3 is 0 Å². The van der Waals surface area contributed by atoms with Crippen LogP contribution < -0.4 is 5.32 Å². The van der Waals surface area contributed by atoms with E-state index in [2.05, 4.69) is 25.6 Å². The molecular formula is C18H16N6O. The summed E-state index contributed by atoms with van der Waals surface area (Å²) in [6.07, 6.45) is 1.64. The molecule has 0 bridgehead atoms. The SMILES string of the molecule is Cc1cc(C)n(-c2cccc(NC(=O)c3[nH]nc4ncccc34)c2)n1. The first-order valence-corrected chi connectivity index (χ1v) is 7.86. The number of amides is 1. The van der Waals surface area contributed by atoms with E-state index in [4.69, 9.17) is 0 Å². The molecule has 25 heavy (non-hydrogen) atoms. The topological polar surface area (TPSA) is 88.5 Å². The molecule has 2 N–H and O–H groups in total. The number of fused-ring (bicyclic) bond motifs is 1. The van der Waals surface area contributed by atoms with Crippen molar-refractivity contribution >= 4 is 22.6 Å². The summed E-state index contributed by atoms with van der Waals surface area (Å²) < 4.78 is 1.85. The van der Waals surface area contributed by atoms with Gasteiger partial charge in [-0.25, -0.2) is 9.67 Å². The minimum atomic E-state index is -0.263. The standard InChI is InChI=1S/C18H16N6O/c1-11-9-12(2)24(23-11)14-6-3-5-13(10-14)20-18(25)16-15-7-4-8-19-17(15)22-21-16/h3-10H,1-2H3,(H,20,25)(H,19,21,22). The average Bonchev–Trinajstić information content (AvgIpc) is 3.18. The van der Waals surface area contributed by atoms with Crippen LogP contribution in [0.25, 0.3) is 16.7 Å². The fourth-order valence-corrected chi connectivity index (χ4v) is 2.82. The second-order valence-corrected chi connectivity index (χ2v) is 5.82. The van der Waals surface area contributed by atoms with E-state index in [0.717, 1.165) is 17.1 Å². The van der Waals surface area contributed by atoms with Crippen LogP contribution in [0.2, 0.25) is 0 Å². The number of aryl methyl sites for hydroxylation is 2. The molecule has 124 valence electrons. The van der Waals surface area contributed by atoms with Crippen LogP contribution in [0.15, 0.2) is 48.7 Å². The van der Waals surface area contributed by atoms with E-state index in [9.17, 15) is 4.79 Å². The van der Waals surface area contributed by atoms with E-state index in [-0.39, 0.29) is 5.91 Å². The van der Waals surface area contributed by atoms with Crippen molar-refractivity contribution in [2.24, 2.45) is 0 Å². The number of nitrogens with one attached hydrogen (secondary N) is 2. The first-order valence-electron chi connectivity index (χ1n) is 7.86. The number of hydrogen-bond donors (Lipinski definition) is 2. The zero-order valence-corrected chi connectivity index (χ0v) is 13.8. The normalized spacial score (nSPS) is 11.0. The zero-order chi connectivity index (χ0) is 17.4. The molecule has 0 unspecified atom stereocenters. The highest BCUT2D eigenvalue weighted by Crippen LogP contribution is 2.19. The molecule has 4 rings (SSSR count). The van der Waals surface area contributed by atoms with Gasteiger partial charge in [0.05, 0.1) is 16.8 Å². The van der Waals surface area contributed by atoms with Gasteiger partial charge < -0.3 is 5.32 Å². The molecule has 3 aromatic heterocycles. The summed E-state index contributed by atoms with van der Waals surface area (Å²) in [5.41, 5.74) is 4.46. The summed E-state index contributed by atoms with van der Waals surface area (Å²) in [5.74, 6) is -0.263. The van der Waals surface area contributed by atoms with Crippen LogP contribution in [0.5, 0.6) is 0 Å². The van der Waals surface area contributed by atoms with Gasteiger partial charge in [0.25, 0.3) is 5.91 Å². The Morgan fingerprint density at radius 1 is 1.16 bits per heavy atom. The molecule has 0 fully saturated rings. The van der Waals surface area contributed by atoms with Crippen molar-refractivity contribution in [3.05, 3.63) is 65.7 Å². The Kier molecular flexibility index (Phi) is 3.53. The lowest BCUT2D eigenvalue weighted by Gasteiger charge is -2.08. The maximum Gasteiger partial charge on any atom is 0.274 e. The predicted molar refractivity (Wildman–Crippen MR) is 94.9 cm³/mol. The van der Waals surface area contributed by atoms with Crippen molar-refractivity contribution in [3.63, 3.8) is 0 Å². The van der Waals surface area contributed by atoms with Gasteiger partial charge in [0, 0.05) is 17.6 Å². The van der Waals surface area contributed by atoms with Gasteiger partial charge in [0.2, 0.25) is 0 Å². The highest BCUT2D eigenvalue weighted by Gasteiger charge is 2.14. The Morgan fingerprint density at radius 2 is 2.04 bits per heavy atom. The fourth-order valence-electron chi connectivity index (χ4n) is 2.82. The first kappa shape index (κ1) is 15.1. The molecule has 0 spiro atoms. The van der Waals surface area contributed by atoms with E-state index in [1.165, 1.54) is 0 Å². The number of nitrogens with zero attached hydrogens (tertiary/aromatic N) is 4. The van der Waals surface area contributed by atoms with Crippen molar-refractivity contribution in [2.75, 3.05) is 5.32 Å². The Labute approximate surface area is 143 Å². The number of pyridine rings is 1. The second kappa shape index (κ2) is 5.86. The number of aromatic nitrogens is 5. The molecule has 0 saturated carbocycles. The molecule has 3 heterocycles. The van der Waals surface area contributed by atoms with Crippen molar-refractivity contribution in [1.82, 2.24) is 25.0 Å². The van der Waals surface area contributed by atoms with Crippen LogP contribution in [-0.2, 0) is 0 Å². The number of H-pyrrole nitrogens is 1. The molecule has 7 nitrogen and oxygen atoms in total. The maximum absolute atomic E-state index is 12.6. The molecule has 7 heteroatoms. The van der Waals surface area contributed by atoms with Crippen LogP contribution in [-0.4, -0.2) is 30.9 Å². The molecule has 0 aliphatic heterocycles. The fraction of sp³-hybridized carbons (Fsp3) is 0.111. The lowest BCUT2D eigenvalue weighted by atomic mass is 10.2. The molecule has 0 aliphatic rings. The van der Waals surface area contributed by atoms with Crippen molar-refractivity contribution in [1.29, 1.82) is 0 Å². The van der Waals surface area contributed by atoms with Gasteiger partial charge in [0.15, 0.2) is 5.65 Å². The molecular weight excluding hydrogens is 316 g/mol. The zero-order valence-electron chi connectivity index (χ0n) is 13.8. The summed E-state index contributed by atoms with van der Waals surface area (Å²) in [4.78, 5) is 16.7. The monoisotopic (exact) mass is 332 g/mol. The summed E-state index contributed by atoms with van der Waals surface area (Å²) >= 11 is 0. The Balaban J connectivity index is 1.64. The van der Waals surface area contributed by atoms with Crippen molar-refractivity contribution in [3.8, 4) is 5.69 Å². The largest absolute Gasteiger partial charge is 0.321 e. The number of carbonyl (C=O) groups is 1. The summed E-state index contributed by atoms with van der Waals surface area (Å²) in [7, 11) is 0. The van der Waals surface area contributed by atoms with Crippen LogP contribution >= 0.6 is 0 Å². The third-order valence-electron chi connectivity index (χ3n) is 3.91. The molecule has 0 saturated heterocycles. The number of carbonyl (C=O) groups excluding carboxylic acids is 1. The van der Waals surface area contributed by atoms with Gasteiger partial charge in [-0.3, -0.25) is 9.89 Å². The minimum Gasteiger partial charge on any atom is -0.321 e. The van der Waals surface area contributed by atoms with Crippen LogP contribution in [0.1, 0.15) is 21.9 Å². The molecule has 0 radical (unpaired) electrons. The van der Waals surface area contributed by atoms with Crippen LogP contribution in [0, 0.1) is 13.8 Å². The number of benzene rings is 1. The van der Waals surface area contributed by atoms with Gasteiger partial charge in [-0.05, 0) is 50.2 Å². The van der Waals surface area contributed by atoms with E-state index in [1.54, 1.807) is 12.3 Å². The third kappa shape index (κ3) is 2.76. The van der Waals surface area contributed by atoms with E-state index in [1.807, 2.05) is 54.9 Å². The van der Waals surface area contributed by atoms with Crippen molar-refractivity contribution in [2.45, 2.75) is 13.8 Å². The minimum absolute atomic E-state index is 0.263. The van der Waals surface area contributed by atoms with Gasteiger partial charge in [-0.15, -0.1) is 0 Å². The van der Waals surface area contributed by atoms with E-state index in [0.29, 0.717) is 22.4 Å². The second-order valence-electron chi connectivity index (χ2n) is 5.82. The average molecular weight is 332 g/mol. The summed E-state index contributed by atoms with van der Waals surface area (Å²) in [6, 6.07) is 13.1. The quantitative estimate of drug-likeness (QED) is 0.603. The van der Waals surface area contributed by atoms with Crippen LogP contribution in [0.4, 0.5) is 5.69 Å².